The van der Waals surface area contributed by atoms with Crippen LogP contribution in [0.15, 0.2) is 18.2 Å². The highest BCUT2D eigenvalue weighted by atomic mass is 16.7. The molecule has 0 saturated carbocycles. The second-order valence-electron chi connectivity index (χ2n) is 7.88. The molecule has 2 fully saturated rings. The minimum atomic E-state index is -0.670. The molecule has 2 N–H and O–H groups in total. The number of hydrogen-bond acceptors (Lipinski definition) is 6. The SMILES string of the molecule is CCN1CCC[C@H]1CNC(=O)CC[C@@H]1NC(=O)N(Cc2ccc3c(c2)OCO3)C1=O. The number of rotatable bonds is 8. The van der Waals surface area contributed by atoms with Gasteiger partial charge in [0.15, 0.2) is 11.5 Å². The lowest BCUT2D eigenvalue weighted by Gasteiger charge is -2.22. The first-order valence-electron chi connectivity index (χ1n) is 10.6. The van der Waals surface area contributed by atoms with E-state index in [2.05, 4.69) is 22.5 Å². The van der Waals surface area contributed by atoms with Gasteiger partial charge in [-0.15, -0.1) is 0 Å². The number of benzene rings is 1. The molecule has 0 bridgehead atoms. The fourth-order valence-corrected chi connectivity index (χ4v) is 4.28. The summed E-state index contributed by atoms with van der Waals surface area (Å²) in [4.78, 5) is 40.7. The predicted molar refractivity (Wildman–Crippen MR) is 108 cm³/mol. The number of carbonyl (C=O) groups is 3. The summed E-state index contributed by atoms with van der Waals surface area (Å²) in [5, 5.41) is 5.66. The Hall–Kier alpha value is -2.81. The molecule has 162 valence electrons. The van der Waals surface area contributed by atoms with E-state index in [9.17, 15) is 14.4 Å². The fraction of sp³-hybridized carbons (Fsp3) is 0.571. The number of urea groups is 1. The number of amides is 4. The molecule has 0 aliphatic carbocycles. The number of likely N-dealkylation sites (tertiary alicyclic amines) is 1. The number of ether oxygens (including phenoxy) is 2. The second-order valence-corrected chi connectivity index (χ2v) is 7.88. The van der Waals surface area contributed by atoms with E-state index < -0.39 is 12.1 Å². The molecule has 0 unspecified atom stereocenters. The zero-order chi connectivity index (χ0) is 21.1. The summed E-state index contributed by atoms with van der Waals surface area (Å²) in [6.45, 7) is 5.15. The van der Waals surface area contributed by atoms with Crippen LogP contribution >= 0.6 is 0 Å². The summed E-state index contributed by atoms with van der Waals surface area (Å²) in [6, 6.07) is 4.62. The third kappa shape index (κ3) is 4.35. The highest BCUT2D eigenvalue weighted by Crippen LogP contribution is 2.33. The van der Waals surface area contributed by atoms with E-state index in [4.69, 9.17) is 9.47 Å². The molecule has 9 nitrogen and oxygen atoms in total. The number of likely N-dealkylation sites (N-methyl/N-ethyl adjacent to an activating group) is 1. The van der Waals surface area contributed by atoms with Gasteiger partial charge in [-0.3, -0.25) is 19.4 Å². The van der Waals surface area contributed by atoms with Gasteiger partial charge >= 0.3 is 6.03 Å². The van der Waals surface area contributed by atoms with Crippen LogP contribution in [0.3, 0.4) is 0 Å². The van der Waals surface area contributed by atoms with E-state index in [0.717, 1.165) is 31.5 Å². The van der Waals surface area contributed by atoms with Crippen LogP contribution in [-0.2, 0) is 16.1 Å². The van der Waals surface area contributed by atoms with Crippen LogP contribution in [-0.4, -0.2) is 66.2 Å². The Balaban J connectivity index is 1.25. The molecule has 3 heterocycles. The molecule has 9 heteroatoms. The average Bonchev–Trinajstić information content (AvgIpc) is 3.46. The molecule has 2 saturated heterocycles. The van der Waals surface area contributed by atoms with Crippen molar-refractivity contribution in [3.05, 3.63) is 23.8 Å². The van der Waals surface area contributed by atoms with Crippen LogP contribution in [0.4, 0.5) is 4.79 Å². The second kappa shape index (κ2) is 8.91. The van der Waals surface area contributed by atoms with E-state index in [1.807, 2.05) is 0 Å². The van der Waals surface area contributed by atoms with Crippen LogP contribution in [0.5, 0.6) is 11.5 Å². The summed E-state index contributed by atoms with van der Waals surface area (Å²) in [6.07, 6.45) is 2.75. The topological polar surface area (TPSA) is 100 Å². The van der Waals surface area contributed by atoms with Gasteiger partial charge in [-0.1, -0.05) is 13.0 Å². The lowest BCUT2D eigenvalue weighted by Crippen LogP contribution is -2.40. The highest BCUT2D eigenvalue weighted by Gasteiger charge is 2.38. The van der Waals surface area contributed by atoms with Crippen molar-refractivity contribution >= 4 is 17.8 Å². The molecule has 0 radical (unpaired) electrons. The van der Waals surface area contributed by atoms with Crippen LogP contribution in [0.25, 0.3) is 0 Å². The van der Waals surface area contributed by atoms with Gasteiger partial charge in [0, 0.05) is 19.0 Å². The van der Waals surface area contributed by atoms with Crippen LogP contribution in [0, 0.1) is 0 Å². The number of carbonyl (C=O) groups excluding carboxylic acids is 3. The number of nitrogens with one attached hydrogen (secondary N) is 2. The Morgan fingerprint density at radius 3 is 2.93 bits per heavy atom. The zero-order valence-electron chi connectivity index (χ0n) is 17.2. The molecule has 30 heavy (non-hydrogen) atoms. The maximum absolute atomic E-state index is 12.7. The van der Waals surface area contributed by atoms with E-state index in [-0.39, 0.29) is 38.0 Å². The van der Waals surface area contributed by atoms with Crippen LogP contribution < -0.4 is 20.1 Å². The summed E-state index contributed by atoms with van der Waals surface area (Å²) in [5.74, 6) is 0.865. The maximum atomic E-state index is 12.7. The average molecular weight is 416 g/mol. The molecule has 0 aromatic heterocycles. The minimum absolute atomic E-state index is 0.0887. The first kappa shape index (κ1) is 20.5. The smallest absolute Gasteiger partial charge is 0.325 e. The number of fused-ring (bicyclic) bond motifs is 1. The Bertz CT molecular complexity index is 830. The van der Waals surface area contributed by atoms with Crippen molar-refractivity contribution in [2.75, 3.05) is 26.4 Å². The molecule has 3 aliphatic heterocycles. The van der Waals surface area contributed by atoms with E-state index >= 15 is 0 Å². The number of nitrogens with zero attached hydrogens (tertiary/aromatic N) is 2. The number of imide groups is 1. The molecule has 3 aliphatic rings. The molecule has 2 atom stereocenters. The largest absolute Gasteiger partial charge is 0.454 e. The molecule has 1 aromatic carbocycles. The lowest BCUT2D eigenvalue weighted by atomic mass is 10.1. The predicted octanol–water partition coefficient (Wildman–Crippen LogP) is 1.22. The van der Waals surface area contributed by atoms with Crippen molar-refractivity contribution in [1.29, 1.82) is 0 Å². The Morgan fingerprint density at radius 2 is 2.10 bits per heavy atom. The minimum Gasteiger partial charge on any atom is -0.454 e. The van der Waals surface area contributed by atoms with Crippen molar-refractivity contribution in [3.63, 3.8) is 0 Å². The summed E-state index contributed by atoms with van der Waals surface area (Å²) < 4.78 is 10.6. The fourth-order valence-electron chi connectivity index (χ4n) is 4.28. The molecule has 4 amide bonds. The summed E-state index contributed by atoms with van der Waals surface area (Å²) in [5.41, 5.74) is 0.776. The van der Waals surface area contributed by atoms with Gasteiger partial charge in [-0.05, 0) is 50.0 Å². The third-order valence-electron chi connectivity index (χ3n) is 5.98. The number of hydrogen-bond donors (Lipinski definition) is 2. The summed E-state index contributed by atoms with van der Waals surface area (Å²) >= 11 is 0. The third-order valence-corrected chi connectivity index (χ3v) is 5.98. The first-order valence-corrected chi connectivity index (χ1v) is 10.6. The van der Waals surface area contributed by atoms with Gasteiger partial charge in [0.2, 0.25) is 12.7 Å². The highest BCUT2D eigenvalue weighted by molar-refractivity contribution is 6.04. The van der Waals surface area contributed by atoms with Crippen molar-refractivity contribution in [2.24, 2.45) is 0 Å². The monoisotopic (exact) mass is 416 g/mol. The van der Waals surface area contributed by atoms with Crippen LogP contribution in [0.1, 0.15) is 38.2 Å². The lowest BCUT2D eigenvalue weighted by molar-refractivity contribution is -0.128. The molecule has 1 aromatic rings. The van der Waals surface area contributed by atoms with Gasteiger partial charge in [0.25, 0.3) is 5.91 Å². The zero-order valence-corrected chi connectivity index (χ0v) is 17.2. The normalized spacial score (nSPS) is 23.2. The van der Waals surface area contributed by atoms with E-state index in [1.165, 1.54) is 4.90 Å². The maximum Gasteiger partial charge on any atom is 0.325 e. The Kier molecular flexibility index (Phi) is 6.08. The molecule has 4 rings (SSSR count). The van der Waals surface area contributed by atoms with Gasteiger partial charge < -0.3 is 20.1 Å². The van der Waals surface area contributed by atoms with E-state index in [0.29, 0.717) is 24.1 Å². The quantitative estimate of drug-likeness (QED) is 0.618. The van der Waals surface area contributed by atoms with Crippen molar-refractivity contribution in [1.82, 2.24) is 20.4 Å². The standard InChI is InChI=1S/C21H28N4O5/c1-2-24-9-3-4-15(24)11-22-19(26)8-6-16-20(27)25(21(28)23-16)12-14-5-7-17-18(10-14)30-13-29-17/h5,7,10,15-16H,2-4,6,8-9,11-13H2,1H3,(H,22,26)(H,23,28)/t15-,16-/m0/s1. The van der Waals surface area contributed by atoms with E-state index in [1.54, 1.807) is 18.2 Å². The van der Waals surface area contributed by atoms with Crippen molar-refractivity contribution < 1.29 is 23.9 Å². The first-order chi connectivity index (χ1) is 14.5. The van der Waals surface area contributed by atoms with Crippen molar-refractivity contribution in [3.8, 4) is 11.5 Å². The Morgan fingerprint density at radius 1 is 1.27 bits per heavy atom. The van der Waals surface area contributed by atoms with Gasteiger partial charge in [0.05, 0.1) is 6.54 Å². The molecular formula is C21H28N4O5. The Labute approximate surface area is 175 Å². The van der Waals surface area contributed by atoms with Gasteiger partial charge in [-0.2, -0.15) is 0 Å². The van der Waals surface area contributed by atoms with Gasteiger partial charge in [-0.25, -0.2) is 4.79 Å². The van der Waals surface area contributed by atoms with Gasteiger partial charge in [0.1, 0.15) is 6.04 Å². The van der Waals surface area contributed by atoms with Crippen molar-refractivity contribution in [2.45, 2.75) is 51.2 Å². The molecule has 0 spiro atoms. The van der Waals surface area contributed by atoms with Crippen LogP contribution in [0.2, 0.25) is 0 Å². The summed E-state index contributed by atoms with van der Waals surface area (Å²) in [7, 11) is 0. The molecular weight excluding hydrogens is 388 g/mol.